The Kier molecular flexibility index (Phi) is 7.19. The van der Waals surface area contributed by atoms with E-state index in [0.717, 1.165) is 5.56 Å². The summed E-state index contributed by atoms with van der Waals surface area (Å²) in [6, 6.07) is 14.2. The van der Waals surface area contributed by atoms with Gasteiger partial charge in [0.1, 0.15) is 16.5 Å². The first-order valence-electron chi connectivity index (χ1n) is 8.44. The Hall–Kier alpha value is -2.48. The van der Waals surface area contributed by atoms with Crippen LogP contribution in [0, 0.1) is 0 Å². The second-order valence-corrected chi connectivity index (χ2v) is 7.54. The molecule has 0 aliphatic heterocycles. The van der Waals surface area contributed by atoms with Gasteiger partial charge in [-0.1, -0.05) is 41.0 Å². The molecule has 6 nitrogen and oxygen atoms in total. The summed E-state index contributed by atoms with van der Waals surface area (Å²) < 4.78 is 10.6. The molecule has 1 aromatic heterocycles. The van der Waals surface area contributed by atoms with Crippen molar-refractivity contribution in [3.05, 3.63) is 58.6 Å². The molecular formula is C20H17Cl2N3O3S. The number of aromatic nitrogens is 2. The third kappa shape index (κ3) is 5.32. The lowest BCUT2D eigenvalue weighted by Gasteiger charge is -2.10. The number of thioether (sulfide) groups is 1. The highest BCUT2D eigenvalue weighted by molar-refractivity contribution is 7.99. The molecule has 1 amide bonds. The van der Waals surface area contributed by atoms with Gasteiger partial charge in [-0.3, -0.25) is 4.79 Å². The summed E-state index contributed by atoms with van der Waals surface area (Å²) in [5.41, 5.74) is 1.92. The quantitative estimate of drug-likeness (QED) is 0.499. The van der Waals surface area contributed by atoms with Crippen LogP contribution in [0.25, 0.3) is 11.3 Å². The van der Waals surface area contributed by atoms with Gasteiger partial charge in [-0.2, -0.15) is 0 Å². The molecule has 0 fully saturated rings. The summed E-state index contributed by atoms with van der Waals surface area (Å²) in [6.07, 6.45) is 0. The fraction of sp³-hybridized carbons (Fsp3) is 0.150. The molecule has 2 aromatic carbocycles. The summed E-state index contributed by atoms with van der Waals surface area (Å²) in [4.78, 5) is 12.2. The standard InChI is InChI=1S/C20H17Cl2N3O3S/c1-27-12-6-7-13(17(10-12)28-2)15-8-9-19(25-24-15)29-11-18(26)23-16-5-3-4-14(21)20(16)22/h3-10H,11H2,1-2H3,(H,23,26). The number of anilines is 1. The van der Waals surface area contributed by atoms with Crippen LogP contribution in [0.1, 0.15) is 0 Å². The lowest BCUT2D eigenvalue weighted by Crippen LogP contribution is -2.14. The average molecular weight is 450 g/mol. The molecule has 1 heterocycles. The summed E-state index contributed by atoms with van der Waals surface area (Å²) in [7, 11) is 3.18. The lowest BCUT2D eigenvalue weighted by atomic mass is 10.1. The molecule has 29 heavy (non-hydrogen) atoms. The molecule has 0 unspecified atom stereocenters. The largest absolute Gasteiger partial charge is 0.497 e. The summed E-state index contributed by atoms with van der Waals surface area (Å²) in [5.74, 6) is 1.26. The molecule has 9 heteroatoms. The Bertz CT molecular complexity index is 1020. The van der Waals surface area contributed by atoms with Crippen LogP contribution < -0.4 is 14.8 Å². The Balaban J connectivity index is 1.64. The number of hydrogen-bond acceptors (Lipinski definition) is 6. The van der Waals surface area contributed by atoms with Crippen molar-refractivity contribution < 1.29 is 14.3 Å². The fourth-order valence-corrected chi connectivity index (χ4v) is 3.44. The molecule has 0 saturated heterocycles. The SMILES string of the molecule is COc1ccc(-c2ccc(SCC(=O)Nc3cccc(Cl)c3Cl)nn2)c(OC)c1. The van der Waals surface area contributed by atoms with E-state index in [1.807, 2.05) is 18.2 Å². The molecule has 150 valence electrons. The van der Waals surface area contributed by atoms with Crippen molar-refractivity contribution in [1.29, 1.82) is 0 Å². The van der Waals surface area contributed by atoms with Crippen molar-refractivity contribution in [2.45, 2.75) is 5.03 Å². The number of carbonyl (C=O) groups is 1. The van der Waals surface area contributed by atoms with Crippen molar-refractivity contribution in [1.82, 2.24) is 10.2 Å². The highest BCUT2D eigenvalue weighted by Crippen LogP contribution is 2.32. The molecule has 0 bridgehead atoms. The first kappa shape index (κ1) is 21.2. The number of benzene rings is 2. The zero-order chi connectivity index (χ0) is 20.8. The highest BCUT2D eigenvalue weighted by atomic mass is 35.5. The molecule has 3 aromatic rings. The molecule has 0 aliphatic rings. The number of halogens is 2. The lowest BCUT2D eigenvalue weighted by molar-refractivity contribution is -0.113. The smallest absolute Gasteiger partial charge is 0.234 e. The zero-order valence-electron chi connectivity index (χ0n) is 15.6. The number of methoxy groups -OCH3 is 2. The van der Waals surface area contributed by atoms with Gasteiger partial charge in [0, 0.05) is 11.6 Å². The minimum absolute atomic E-state index is 0.155. The molecular weight excluding hydrogens is 433 g/mol. The van der Waals surface area contributed by atoms with E-state index in [0.29, 0.717) is 38.0 Å². The van der Waals surface area contributed by atoms with Crippen molar-refractivity contribution in [3.8, 4) is 22.8 Å². The number of rotatable bonds is 7. The Morgan fingerprint density at radius 3 is 2.59 bits per heavy atom. The van der Waals surface area contributed by atoms with Gasteiger partial charge in [-0.05, 0) is 36.4 Å². The third-order valence-electron chi connectivity index (χ3n) is 3.90. The van der Waals surface area contributed by atoms with Gasteiger partial charge in [-0.15, -0.1) is 10.2 Å². The van der Waals surface area contributed by atoms with Gasteiger partial charge in [0.25, 0.3) is 0 Å². The number of nitrogens with one attached hydrogen (secondary N) is 1. The van der Waals surface area contributed by atoms with E-state index in [1.165, 1.54) is 11.8 Å². The third-order valence-corrected chi connectivity index (χ3v) is 5.64. The maximum Gasteiger partial charge on any atom is 0.234 e. The van der Waals surface area contributed by atoms with Gasteiger partial charge in [0.15, 0.2) is 0 Å². The predicted octanol–water partition coefficient (Wildman–Crippen LogP) is 5.20. The second-order valence-electron chi connectivity index (χ2n) is 5.76. The maximum absolute atomic E-state index is 12.2. The van der Waals surface area contributed by atoms with E-state index < -0.39 is 0 Å². The molecule has 0 atom stereocenters. The normalized spacial score (nSPS) is 10.5. The van der Waals surface area contributed by atoms with Crippen molar-refractivity contribution in [2.24, 2.45) is 0 Å². The van der Waals surface area contributed by atoms with Crippen molar-refractivity contribution in [2.75, 3.05) is 25.3 Å². The molecule has 1 N–H and O–H groups in total. The fourth-order valence-electron chi connectivity index (χ4n) is 2.48. The number of nitrogens with zero attached hydrogens (tertiary/aromatic N) is 2. The zero-order valence-corrected chi connectivity index (χ0v) is 17.9. The van der Waals surface area contributed by atoms with Crippen LogP contribution in [0.15, 0.2) is 53.6 Å². The van der Waals surface area contributed by atoms with Crippen LogP contribution in [0.2, 0.25) is 10.0 Å². The van der Waals surface area contributed by atoms with Crippen LogP contribution in [0.4, 0.5) is 5.69 Å². The van der Waals surface area contributed by atoms with Gasteiger partial charge >= 0.3 is 0 Å². The van der Waals surface area contributed by atoms with Crippen molar-refractivity contribution >= 4 is 46.6 Å². The molecule has 0 aliphatic carbocycles. The minimum atomic E-state index is -0.220. The van der Waals surface area contributed by atoms with E-state index in [2.05, 4.69) is 15.5 Å². The van der Waals surface area contributed by atoms with Gasteiger partial charge in [0.05, 0.1) is 41.4 Å². The van der Waals surface area contributed by atoms with E-state index >= 15 is 0 Å². The van der Waals surface area contributed by atoms with E-state index in [1.54, 1.807) is 44.6 Å². The van der Waals surface area contributed by atoms with E-state index in [4.69, 9.17) is 32.7 Å². The number of amides is 1. The summed E-state index contributed by atoms with van der Waals surface area (Å²) >= 11 is 13.3. The molecule has 3 rings (SSSR count). The van der Waals surface area contributed by atoms with Crippen LogP contribution >= 0.6 is 35.0 Å². The second kappa shape index (κ2) is 9.82. The van der Waals surface area contributed by atoms with Gasteiger partial charge in [0.2, 0.25) is 5.91 Å². The van der Waals surface area contributed by atoms with Gasteiger partial charge < -0.3 is 14.8 Å². The Labute approximate surface area is 182 Å². The van der Waals surface area contributed by atoms with Crippen LogP contribution in [0.5, 0.6) is 11.5 Å². The van der Waals surface area contributed by atoms with Gasteiger partial charge in [-0.25, -0.2) is 0 Å². The summed E-state index contributed by atoms with van der Waals surface area (Å²) in [6.45, 7) is 0. The Morgan fingerprint density at radius 2 is 1.90 bits per heavy atom. The Morgan fingerprint density at radius 1 is 1.07 bits per heavy atom. The van der Waals surface area contributed by atoms with Crippen molar-refractivity contribution in [3.63, 3.8) is 0 Å². The first-order valence-corrected chi connectivity index (χ1v) is 10.2. The van der Waals surface area contributed by atoms with E-state index in [-0.39, 0.29) is 11.7 Å². The maximum atomic E-state index is 12.2. The van der Waals surface area contributed by atoms with Crippen LogP contribution in [-0.2, 0) is 4.79 Å². The highest BCUT2D eigenvalue weighted by Gasteiger charge is 2.12. The number of hydrogen-bond donors (Lipinski definition) is 1. The predicted molar refractivity (Wildman–Crippen MR) is 116 cm³/mol. The van der Waals surface area contributed by atoms with E-state index in [9.17, 15) is 4.79 Å². The molecule has 0 spiro atoms. The van der Waals surface area contributed by atoms with Crippen LogP contribution in [0.3, 0.4) is 0 Å². The monoisotopic (exact) mass is 449 g/mol. The number of carbonyl (C=O) groups excluding carboxylic acids is 1. The summed E-state index contributed by atoms with van der Waals surface area (Å²) in [5, 5.41) is 12.5. The molecule has 0 radical (unpaired) electrons. The first-order chi connectivity index (χ1) is 14.0. The topological polar surface area (TPSA) is 73.3 Å². The molecule has 0 saturated carbocycles. The minimum Gasteiger partial charge on any atom is -0.497 e. The van der Waals surface area contributed by atoms with Crippen LogP contribution in [-0.4, -0.2) is 36.1 Å². The number of ether oxygens (including phenoxy) is 2. The average Bonchev–Trinajstić information content (AvgIpc) is 2.75.